The van der Waals surface area contributed by atoms with Crippen LogP contribution in [0.5, 0.6) is 0 Å². The molecule has 0 aliphatic carbocycles. The highest BCUT2D eigenvalue weighted by molar-refractivity contribution is 5.87. The number of primary amides is 1. The number of carbonyl (C=O) groups excluding carboxylic acids is 1. The second kappa shape index (κ2) is 7.90. The average Bonchev–Trinajstić information content (AvgIpc) is 2.36. The molecule has 112 valence electrons. The van der Waals surface area contributed by atoms with Gasteiger partial charge in [-0.1, -0.05) is 26.0 Å². The van der Waals surface area contributed by atoms with E-state index in [1.54, 1.807) is 0 Å². The molecule has 0 saturated heterocycles. The van der Waals surface area contributed by atoms with Crippen LogP contribution in [-0.2, 0) is 0 Å². The van der Waals surface area contributed by atoms with Gasteiger partial charge in [0.2, 0.25) is 0 Å². The number of benzene rings is 1. The van der Waals surface area contributed by atoms with Crippen LogP contribution < -0.4 is 16.4 Å². The molecule has 1 aromatic rings. The normalized spacial score (nSPS) is 14.1. The van der Waals surface area contributed by atoms with Crippen molar-refractivity contribution in [2.75, 3.05) is 5.32 Å². The van der Waals surface area contributed by atoms with E-state index in [-0.39, 0.29) is 0 Å². The van der Waals surface area contributed by atoms with Gasteiger partial charge in [0.15, 0.2) is 0 Å². The van der Waals surface area contributed by atoms with Crippen molar-refractivity contribution in [1.82, 2.24) is 5.32 Å². The van der Waals surface area contributed by atoms with Crippen LogP contribution in [-0.4, -0.2) is 12.1 Å². The Hall–Kier alpha value is -1.55. The van der Waals surface area contributed by atoms with Crippen molar-refractivity contribution in [3.63, 3.8) is 0 Å². The zero-order valence-corrected chi connectivity index (χ0v) is 12.9. The first-order chi connectivity index (χ1) is 9.38. The Bertz CT molecular complexity index is 414. The van der Waals surface area contributed by atoms with E-state index in [2.05, 4.69) is 38.3 Å². The zero-order chi connectivity index (χ0) is 15.1. The van der Waals surface area contributed by atoms with Crippen LogP contribution >= 0.6 is 0 Å². The molecule has 4 heteroatoms. The fraction of sp³-hybridized carbons (Fsp3) is 0.562. The number of hydrogen-bond donors (Lipinski definition) is 3. The first-order valence-corrected chi connectivity index (χ1v) is 7.31. The van der Waals surface area contributed by atoms with Gasteiger partial charge in [0.25, 0.3) is 0 Å². The highest BCUT2D eigenvalue weighted by atomic mass is 16.2. The third-order valence-electron chi connectivity index (χ3n) is 3.39. The molecule has 0 saturated carbocycles. The maximum Gasteiger partial charge on any atom is 0.316 e. The van der Waals surface area contributed by atoms with Crippen molar-refractivity contribution in [3.05, 3.63) is 29.8 Å². The fourth-order valence-electron chi connectivity index (χ4n) is 2.19. The minimum Gasteiger partial charge on any atom is -0.351 e. The predicted molar refractivity (Wildman–Crippen MR) is 84.7 cm³/mol. The zero-order valence-electron chi connectivity index (χ0n) is 12.9. The van der Waals surface area contributed by atoms with Gasteiger partial charge in [-0.05, 0) is 50.3 Å². The molecule has 0 radical (unpaired) electrons. The topological polar surface area (TPSA) is 67.2 Å². The molecule has 0 aliphatic rings. The van der Waals surface area contributed by atoms with E-state index in [1.807, 2.05) is 24.3 Å². The largest absolute Gasteiger partial charge is 0.351 e. The summed E-state index contributed by atoms with van der Waals surface area (Å²) in [5.74, 6) is 0.744. The summed E-state index contributed by atoms with van der Waals surface area (Å²) in [6.45, 7) is 8.88. The molecular formula is C16H27N3O. The van der Waals surface area contributed by atoms with Gasteiger partial charge in [-0.2, -0.15) is 0 Å². The third kappa shape index (κ3) is 6.06. The van der Waals surface area contributed by atoms with Gasteiger partial charge in [0, 0.05) is 17.8 Å². The first-order valence-electron chi connectivity index (χ1n) is 7.31. The fourth-order valence-corrected chi connectivity index (χ4v) is 2.19. The predicted octanol–water partition coefficient (Wildman–Crippen LogP) is 3.65. The standard InChI is InChI=1S/C16H27N3O/c1-11(2)5-6-12(3)18-13(4)14-7-9-15(10-8-14)19-16(17)20/h7-13,18H,5-6H2,1-4H3,(H3,17,19,20). The van der Waals surface area contributed by atoms with Crippen LogP contribution in [0.4, 0.5) is 10.5 Å². The molecule has 4 N–H and O–H groups in total. The summed E-state index contributed by atoms with van der Waals surface area (Å²) in [5.41, 5.74) is 7.01. The molecule has 2 unspecified atom stereocenters. The van der Waals surface area contributed by atoms with Crippen molar-refractivity contribution < 1.29 is 4.79 Å². The van der Waals surface area contributed by atoms with E-state index >= 15 is 0 Å². The van der Waals surface area contributed by atoms with E-state index < -0.39 is 6.03 Å². The molecule has 1 rings (SSSR count). The number of hydrogen-bond acceptors (Lipinski definition) is 2. The van der Waals surface area contributed by atoms with E-state index in [1.165, 1.54) is 18.4 Å². The lowest BCUT2D eigenvalue weighted by Crippen LogP contribution is -2.29. The number of nitrogens with one attached hydrogen (secondary N) is 2. The number of urea groups is 1. The molecule has 0 fully saturated rings. The lowest BCUT2D eigenvalue weighted by molar-refractivity contribution is 0.259. The van der Waals surface area contributed by atoms with Crippen molar-refractivity contribution in [3.8, 4) is 0 Å². The summed E-state index contributed by atoms with van der Waals surface area (Å²) in [4.78, 5) is 10.8. The van der Waals surface area contributed by atoms with Gasteiger partial charge in [0.1, 0.15) is 0 Å². The van der Waals surface area contributed by atoms with E-state index in [4.69, 9.17) is 5.73 Å². The minimum atomic E-state index is -0.536. The SMILES string of the molecule is CC(C)CCC(C)NC(C)c1ccc(NC(N)=O)cc1. The number of amides is 2. The minimum absolute atomic E-state index is 0.291. The van der Waals surface area contributed by atoms with Gasteiger partial charge in [-0.3, -0.25) is 0 Å². The number of anilines is 1. The average molecular weight is 277 g/mol. The summed E-state index contributed by atoms with van der Waals surface area (Å²) in [7, 11) is 0. The number of carbonyl (C=O) groups is 1. The monoisotopic (exact) mass is 277 g/mol. The molecule has 4 nitrogen and oxygen atoms in total. The molecule has 1 aromatic carbocycles. The number of rotatable bonds is 7. The highest BCUT2D eigenvalue weighted by Crippen LogP contribution is 2.17. The Balaban J connectivity index is 2.50. The van der Waals surface area contributed by atoms with Crippen molar-refractivity contribution >= 4 is 11.7 Å². The molecule has 0 heterocycles. The Morgan fingerprint density at radius 3 is 2.20 bits per heavy atom. The van der Waals surface area contributed by atoms with Crippen LogP contribution in [0.15, 0.2) is 24.3 Å². The molecule has 0 aliphatic heterocycles. The smallest absolute Gasteiger partial charge is 0.316 e. The van der Waals surface area contributed by atoms with Gasteiger partial charge in [-0.25, -0.2) is 4.79 Å². The second-order valence-electron chi connectivity index (χ2n) is 5.87. The Kier molecular flexibility index (Phi) is 6.52. The van der Waals surface area contributed by atoms with Crippen LogP contribution in [0.3, 0.4) is 0 Å². The summed E-state index contributed by atoms with van der Waals surface area (Å²) in [6.07, 6.45) is 2.42. The Morgan fingerprint density at radius 2 is 1.70 bits per heavy atom. The molecular weight excluding hydrogens is 250 g/mol. The lowest BCUT2D eigenvalue weighted by atomic mass is 10.0. The molecule has 0 aromatic heterocycles. The molecule has 20 heavy (non-hydrogen) atoms. The van der Waals surface area contributed by atoms with E-state index in [0.717, 1.165) is 11.6 Å². The van der Waals surface area contributed by atoms with E-state index in [0.29, 0.717) is 12.1 Å². The summed E-state index contributed by atoms with van der Waals surface area (Å²) < 4.78 is 0. The van der Waals surface area contributed by atoms with Crippen LogP contribution in [0.2, 0.25) is 0 Å². The van der Waals surface area contributed by atoms with Crippen molar-refractivity contribution in [2.45, 2.75) is 52.6 Å². The summed E-state index contributed by atoms with van der Waals surface area (Å²) in [6, 6.07) is 8.02. The van der Waals surface area contributed by atoms with Gasteiger partial charge < -0.3 is 16.4 Å². The maximum absolute atomic E-state index is 10.8. The quantitative estimate of drug-likeness (QED) is 0.712. The second-order valence-corrected chi connectivity index (χ2v) is 5.87. The van der Waals surface area contributed by atoms with Gasteiger partial charge >= 0.3 is 6.03 Å². The van der Waals surface area contributed by atoms with E-state index in [9.17, 15) is 4.79 Å². The summed E-state index contributed by atoms with van der Waals surface area (Å²) >= 11 is 0. The Morgan fingerprint density at radius 1 is 1.10 bits per heavy atom. The van der Waals surface area contributed by atoms with Crippen molar-refractivity contribution in [2.24, 2.45) is 11.7 Å². The molecule has 0 spiro atoms. The molecule has 2 atom stereocenters. The maximum atomic E-state index is 10.8. The molecule has 0 bridgehead atoms. The van der Waals surface area contributed by atoms with Crippen LogP contribution in [0.25, 0.3) is 0 Å². The van der Waals surface area contributed by atoms with Crippen LogP contribution in [0, 0.1) is 5.92 Å². The third-order valence-corrected chi connectivity index (χ3v) is 3.39. The highest BCUT2D eigenvalue weighted by Gasteiger charge is 2.10. The lowest BCUT2D eigenvalue weighted by Gasteiger charge is -2.21. The van der Waals surface area contributed by atoms with Gasteiger partial charge in [0.05, 0.1) is 0 Å². The van der Waals surface area contributed by atoms with Crippen molar-refractivity contribution in [1.29, 1.82) is 0 Å². The number of nitrogens with two attached hydrogens (primary N) is 1. The van der Waals surface area contributed by atoms with Gasteiger partial charge in [-0.15, -0.1) is 0 Å². The van der Waals surface area contributed by atoms with Crippen LogP contribution in [0.1, 0.15) is 52.1 Å². The summed E-state index contributed by atoms with van der Waals surface area (Å²) in [5, 5.41) is 6.16. The Labute approximate surface area is 122 Å². The first kappa shape index (κ1) is 16.5. The molecule has 2 amide bonds.